The van der Waals surface area contributed by atoms with Gasteiger partial charge in [0.25, 0.3) is 0 Å². The van der Waals surface area contributed by atoms with Gasteiger partial charge in [-0.25, -0.2) is 4.79 Å². The van der Waals surface area contributed by atoms with Crippen molar-refractivity contribution < 1.29 is 4.79 Å². The van der Waals surface area contributed by atoms with Crippen LogP contribution in [0.4, 0.5) is 10.6 Å². The van der Waals surface area contributed by atoms with E-state index in [2.05, 4.69) is 38.3 Å². The van der Waals surface area contributed by atoms with Crippen molar-refractivity contribution >= 4 is 23.6 Å². The minimum absolute atomic E-state index is 0.0703. The molecule has 1 aromatic carbocycles. The van der Waals surface area contributed by atoms with Gasteiger partial charge in [0, 0.05) is 12.0 Å². The maximum Gasteiger partial charge on any atom is 0.323 e. The molecule has 5 nitrogen and oxygen atoms in total. The number of benzene rings is 1. The van der Waals surface area contributed by atoms with Crippen molar-refractivity contribution in [1.29, 1.82) is 0 Å². The minimum Gasteiger partial charge on any atom is -0.316 e. The Morgan fingerprint density at radius 2 is 2.05 bits per heavy atom. The molecule has 0 bridgehead atoms. The van der Waals surface area contributed by atoms with Crippen LogP contribution >= 0.6 is 11.7 Å². The second kappa shape index (κ2) is 5.35. The first-order chi connectivity index (χ1) is 10.8. The van der Waals surface area contributed by atoms with Crippen LogP contribution in [-0.2, 0) is 0 Å². The third kappa shape index (κ3) is 2.18. The number of aromatic nitrogens is 2. The average molecular weight is 314 g/mol. The quantitative estimate of drug-likeness (QED) is 0.919. The zero-order valence-electron chi connectivity index (χ0n) is 12.2. The van der Waals surface area contributed by atoms with Crippen LogP contribution in [0.3, 0.4) is 0 Å². The number of rotatable bonds is 2. The maximum absolute atomic E-state index is 12.6. The molecule has 1 unspecified atom stereocenters. The molecule has 6 heteroatoms. The molecule has 1 spiro atoms. The van der Waals surface area contributed by atoms with Gasteiger partial charge in [0.15, 0.2) is 5.82 Å². The molecular weight excluding hydrogens is 296 g/mol. The Hall–Kier alpha value is -1.95. The van der Waals surface area contributed by atoms with E-state index < -0.39 is 0 Å². The van der Waals surface area contributed by atoms with Crippen molar-refractivity contribution in [2.45, 2.75) is 31.7 Å². The van der Waals surface area contributed by atoms with E-state index in [4.69, 9.17) is 0 Å². The van der Waals surface area contributed by atoms with Crippen LogP contribution in [0.5, 0.6) is 0 Å². The Bertz CT molecular complexity index is 652. The number of carbonyl (C=O) groups excluding carboxylic acids is 1. The molecule has 114 valence electrons. The second-order valence-corrected chi connectivity index (χ2v) is 6.79. The fourth-order valence-electron chi connectivity index (χ4n) is 4.00. The lowest BCUT2D eigenvalue weighted by Gasteiger charge is -2.56. The van der Waals surface area contributed by atoms with Gasteiger partial charge in [-0.15, -0.1) is 0 Å². The lowest BCUT2D eigenvalue weighted by molar-refractivity contribution is -0.0353. The Morgan fingerprint density at radius 1 is 1.27 bits per heavy atom. The standard InChI is InChI=1S/C16H18N4OS/c21-15(18-13-10-17-22-19-13)20-11-16(8-4-5-9-16)14(20)12-6-2-1-3-7-12/h1-3,6-7,10,14H,4-5,8-9,11H2,(H,18,19,21). The lowest BCUT2D eigenvalue weighted by Crippen LogP contribution is -2.60. The van der Waals surface area contributed by atoms with E-state index in [1.165, 1.54) is 31.2 Å². The van der Waals surface area contributed by atoms with Crippen molar-refractivity contribution in [2.75, 3.05) is 11.9 Å². The van der Waals surface area contributed by atoms with Crippen LogP contribution in [0.1, 0.15) is 37.3 Å². The zero-order valence-corrected chi connectivity index (χ0v) is 13.1. The molecule has 1 aromatic heterocycles. The van der Waals surface area contributed by atoms with Crippen LogP contribution in [0.15, 0.2) is 36.5 Å². The summed E-state index contributed by atoms with van der Waals surface area (Å²) in [7, 11) is 0. The van der Waals surface area contributed by atoms with E-state index in [0.717, 1.165) is 18.3 Å². The number of nitrogens with one attached hydrogen (secondary N) is 1. The Kier molecular flexibility index (Phi) is 3.33. The predicted molar refractivity (Wildman–Crippen MR) is 85.7 cm³/mol. The molecular formula is C16H18N4OS. The molecule has 22 heavy (non-hydrogen) atoms. The van der Waals surface area contributed by atoms with Crippen LogP contribution in [-0.4, -0.2) is 26.2 Å². The number of hydrogen-bond donors (Lipinski definition) is 1. The van der Waals surface area contributed by atoms with Crippen LogP contribution < -0.4 is 5.32 Å². The fraction of sp³-hybridized carbons (Fsp3) is 0.438. The lowest BCUT2D eigenvalue weighted by atomic mass is 9.67. The summed E-state index contributed by atoms with van der Waals surface area (Å²) in [5.74, 6) is 0.536. The monoisotopic (exact) mass is 314 g/mol. The average Bonchev–Trinajstić information content (AvgIpc) is 3.18. The van der Waals surface area contributed by atoms with Gasteiger partial charge >= 0.3 is 6.03 Å². The van der Waals surface area contributed by atoms with E-state index in [1.54, 1.807) is 6.20 Å². The molecule has 1 saturated heterocycles. The van der Waals surface area contributed by atoms with Crippen molar-refractivity contribution in [2.24, 2.45) is 5.41 Å². The molecule has 2 aromatic rings. The summed E-state index contributed by atoms with van der Waals surface area (Å²) in [6, 6.07) is 10.5. The van der Waals surface area contributed by atoms with Crippen molar-refractivity contribution in [3.05, 3.63) is 42.1 Å². The summed E-state index contributed by atoms with van der Waals surface area (Å²) in [6.07, 6.45) is 6.57. The van der Waals surface area contributed by atoms with Gasteiger partial charge in [-0.3, -0.25) is 5.32 Å². The maximum atomic E-state index is 12.6. The molecule has 2 aliphatic rings. The number of likely N-dealkylation sites (tertiary alicyclic amines) is 1. The van der Waals surface area contributed by atoms with Gasteiger partial charge in [0.2, 0.25) is 0 Å². The Labute approximate surface area is 133 Å². The van der Waals surface area contributed by atoms with Crippen LogP contribution in [0.2, 0.25) is 0 Å². The van der Waals surface area contributed by atoms with Crippen molar-refractivity contribution in [3.63, 3.8) is 0 Å². The molecule has 2 amide bonds. The smallest absolute Gasteiger partial charge is 0.316 e. The number of hydrogen-bond acceptors (Lipinski definition) is 4. The predicted octanol–water partition coefficient (Wildman–Crippen LogP) is 3.69. The van der Waals surface area contributed by atoms with Gasteiger partial charge in [0.05, 0.1) is 24.0 Å². The van der Waals surface area contributed by atoms with E-state index in [0.29, 0.717) is 5.82 Å². The van der Waals surface area contributed by atoms with Crippen molar-refractivity contribution in [1.82, 2.24) is 13.6 Å². The number of nitrogens with zero attached hydrogens (tertiary/aromatic N) is 3. The van der Waals surface area contributed by atoms with Gasteiger partial charge in [-0.2, -0.15) is 8.75 Å². The molecule has 1 atom stereocenters. The topological polar surface area (TPSA) is 58.1 Å². The summed E-state index contributed by atoms with van der Waals surface area (Å²) in [4.78, 5) is 14.5. The molecule has 1 saturated carbocycles. The SMILES string of the molecule is O=C(Nc1cnsn1)N1CC2(CCCC2)C1c1ccccc1. The highest BCUT2D eigenvalue weighted by Crippen LogP contribution is 2.58. The first-order valence-electron chi connectivity index (χ1n) is 7.69. The van der Waals surface area contributed by atoms with E-state index >= 15 is 0 Å². The highest BCUT2D eigenvalue weighted by Gasteiger charge is 2.55. The molecule has 2 heterocycles. The first-order valence-corrected chi connectivity index (χ1v) is 8.42. The fourth-order valence-corrected chi connectivity index (χ4v) is 4.38. The number of urea groups is 1. The van der Waals surface area contributed by atoms with Crippen LogP contribution in [0.25, 0.3) is 0 Å². The summed E-state index contributed by atoms with van der Waals surface area (Å²) >= 11 is 1.10. The summed E-state index contributed by atoms with van der Waals surface area (Å²) in [5, 5.41) is 2.85. The van der Waals surface area contributed by atoms with Crippen molar-refractivity contribution in [3.8, 4) is 0 Å². The van der Waals surface area contributed by atoms with Gasteiger partial charge in [0.1, 0.15) is 0 Å². The third-order valence-electron chi connectivity index (χ3n) is 4.95. The molecule has 4 rings (SSSR count). The summed E-state index contributed by atoms with van der Waals surface area (Å²) < 4.78 is 7.98. The highest BCUT2D eigenvalue weighted by atomic mass is 32.1. The first kappa shape index (κ1) is 13.7. The van der Waals surface area contributed by atoms with E-state index in [-0.39, 0.29) is 17.5 Å². The zero-order chi connectivity index (χ0) is 15.0. The molecule has 1 N–H and O–H groups in total. The minimum atomic E-state index is -0.0703. The molecule has 1 aliphatic heterocycles. The molecule has 0 radical (unpaired) electrons. The highest BCUT2D eigenvalue weighted by molar-refractivity contribution is 6.99. The summed E-state index contributed by atoms with van der Waals surface area (Å²) in [6.45, 7) is 0.843. The number of anilines is 1. The third-order valence-corrected chi connectivity index (χ3v) is 5.43. The summed E-state index contributed by atoms with van der Waals surface area (Å²) in [5.41, 5.74) is 1.51. The number of carbonyl (C=O) groups is 1. The normalized spacial score (nSPS) is 22.5. The van der Waals surface area contributed by atoms with E-state index in [1.807, 2.05) is 11.0 Å². The van der Waals surface area contributed by atoms with Crippen LogP contribution in [0, 0.1) is 5.41 Å². The van der Waals surface area contributed by atoms with E-state index in [9.17, 15) is 4.79 Å². The second-order valence-electron chi connectivity index (χ2n) is 6.23. The van der Waals surface area contributed by atoms with Gasteiger partial charge < -0.3 is 4.90 Å². The molecule has 1 aliphatic carbocycles. The largest absolute Gasteiger partial charge is 0.323 e. The van der Waals surface area contributed by atoms with Gasteiger partial charge in [-0.1, -0.05) is 43.2 Å². The Balaban J connectivity index is 1.58. The number of amides is 2. The molecule has 2 fully saturated rings. The Morgan fingerprint density at radius 3 is 2.73 bits per heavy atom. The van der Waals surface area contributed by atoms with Gasteiger partial charge in [-0.05, 0) is 18.4 Å².